The minimum Gasteiger partial charge on any atom is -0.370 e. The Morgan fingerprint density at radius 1 is 1.05 bits per heavy atom. The number of halogens is 1. The van der Waals surface area contributed by atoms with Crippen LogP contribution < -0.4 is 10.6 Å². The maximum absolute atomic E-state index is 12.9. The molecule has 3 heteroatoms. The lowest BCUT2D eigenvalue weighted by Gasteiger charge is -2.22. The molecule has 0 saturated heterocycles. The highest BCUT2D eigenvalue weighted by Crippen LogP contribution is 2.21. The van der Waals surface area contributed by atoms with Gasteiger partial charge in [-0.3, -0.25) is 0 Å². The minimum atomic E-state index is -0.199. The van der Waals surface area contributed by atoms with E-state index in [1.54, 1.807) is 0 Å². The van der Waals surface area contributed by atoms with Crippen LogP contribution in [0.25, 0.3) is 0 Å². The van der Waals surface area contributed by atoms with Gasteiger partial charge in [0.15, 0.2) is 0 Å². The third-order valence-corrected chi connectivity index (χ3v) is 3.15. The van der Waals surface area contributed by atoms with Crippen LogP contribution in [0.1, 0.15) is 11.1 Å². The van der Waals surface area contributed by atoms with Gasteiger partial charge in [-0.1, -0.05) is 30.3 Å². The molecule has 0 spiro atoms. The van der Waals surface area contributed by atoms with Crippen LogP contribution >= 0.6 is 0 Å². The van der Waals surface area contributed by atoms with Crippen molar-refractivity contribution in [3.8, 4) is 0 Å². The number of benzene rings is 2. The first-order valence-electron chi connectivity index (χ1n) is 6.44. The lowest BCUT2D eigenvalue weighted by Crippen LogP contribution is -2.18. The summed E-state index contributed by atoms with van der Waals surface area (Å²) in [6, 6.07) is 14.9. The number of anilines is 1. The topological polar surface area (TPSA) is 29.3 Å². The second kappa shape index (κ2) is 6.34. The van der Waals surface area contributed by atoms with Crippen molar-refractivity contribution in [1.82, 2.24) is 0 Å². The summed E-state index contributed by atoms with van der Waals surface area (Å²) in [6.45, 7) is 1.39. The maximum atomic E-state index is 12.9. The molecule has 0 radical (unpaired) electrons. The fraction of sp³-hybridized carbons (Fsp3) is 0.250. The van der Waals surface area contributed by atoms with Crippen LogP contribution in [0.5, 0.6) is 0 Å². The van der Waals surface area contributed by atoms with Gasteiger partial charge in [0.1, 0.15) is 5.82 Å². The molecule has 0 fully saturated rings. The monoisotopic (exact) mass is 258 g/mol. The van der Waals surface area contributed by atoms with Gasteiger partial charge < -0.3 is 10.6 Å². The van der Waals surface area contributed by atoms with Crippen molar-refractivity contribution in [3.05, 3.63) is 65.5 Å². The molecular formula is C16H19FN2. The molecule has 2 aromatic rings. The average molecular weight is 258 g/mol. The maximum Gasteiger partial charge on any atom is 0.123 e. The molecule has 2 nitrogen and oxygen atoms in total. The number of rotatable bonds is 5. The second-order valence-corrected chi connectivity index (χ2v) is 4.65. The number of nitrogens with zero attached hydrogens (tertiary/aromatic N) is 1. The lowest BCUT2D eigenvalue weighted by molar-refractivity contribution is 0.627. The molecule has 0 aliphatic rings. The largest absolute Gasteiger partial charge is 0.370 e. The van der Waals surface area contributed by atoms with Crippen molar-refractivity contribution in [2.45, 2.75) is 13.0 Å². The zero-order valence-electron chi connectivity index (χ0n) is 11.1. The van der Waals surface area contributed by atoms with Gasteiger partial charge in [0, 0.05) is 19.3 Å². The van der Waals surface area contributed by atoms with Crippen LogP contribution in [0.15, 0.2) is 48.5 Å². The molecule has 19 heavy (non-hydrogen) atoms. The summed E-state index contributed by atoms with van der Waals surface area (Å²) >= 11 is 0. The van der Waals surface area contributed by atoms with Gasteiger partial charge in [-0.2, -0.15) is 0 Å². The van der Waals surface area contributed by atoms with Crippen molar-refractivity contribution in [1.29, 1.82) is 0 Å². The summed E-state index contributed by atoms with van der Waals surface area (Å²) in [5.74, 6) is -0.199. The third kappa shape index (κ3) is 3.55. The molecule has 0 heterocycles. The van der Waals surface area contributed by atoms with E-state index in [2.05, 4.69) is 17.0 Å². The van der Waals surface area contributed by atoms with E-state index < -0.39 is 0 Å². The molecule has 100 valence electrons. The zero-order valence-corrected chi connectivity index (χ0v) is 11.1. The Labute approximate surface area is 113 Å². The highest BCUT2D eigenvalue weighted by molar-refractivity contribution is 5.53. The van der Waals surface area contributed by atoms with Crippen molar-refractivity contribution < 1.29 is 4.39 Å². The Balaban J connectivity index is 2.15. The third-order valence-electron chi connectivity index (χ3n) is 3.15. The van der Waals surface area contributed by atoms with Crippen LogP contribution in [0.3, 0.4) is 0 Å². The average Bonchev–Trinajstić information content (AvgIpc) is 2.42. The van der Waals surface area contributed by atoms with Gasteiger partial charge >= 0.3 is 0 Å². The van der Waals surface area contributed by atoms with Crippen LogP contribution in [-0.4, -0.2) is 13.6 Å². The number of nitrogens with two attached hydrogens (primary N) is 1. The fourth-order valence-electron chi connectivity index (χ4n) is 2.20. The van der Waals surface area contributed by atoms with Crippen molar-refractivity contribution in [2.24, 2.45) is 5.73 Å². The van der Waals surface area contributed by atoms with Crippen LogP contribution in [-0.2, 0) is 13.0 Å². The standard InChI is InChI=1S/C16H19FN2/c1-19(12-13-6-8-15(17)9-7-13)16-5-3-2-4-14(16)10-11-18/h2-9H,10-12,18H2,1H3. The molecule has 0 unspecified atom stereocenters. The lowest BCUT2D eigenvalue weighted by atomic mass is 10.1. The Hall–Kier alpha value is -1.87. The Kier molecular flexibility index (Phi) is 4.53. The first kappa shape index (κ1) is 13.6. The molecule has 2 aromatic carbocycles. The Morgan fingerprint density at radius 3 is 2.42 bits per heavy atom. The zero-order chi connectivity index (χ0) is 13.7. The summed E-state index contributed by atoms with van der Waals surface area (Å²) in [4.78, 5) is 2.16. The summed E-state index contributed by atoms with van der Waals surface area (Å²) < 4.78 is 12.9. The summed E-state index contributed by atoms with van der Waals surface area (Å²) in [5.41, 5.74) is 9.15. The molecule has 2 rings (SSSR count). The van der Waals surface area contributed by atoms with E-state index in [9.17, 15) is 4.39 Å². The first-order valence-corrected chi connectivity index (χ1v) is 6.44. The highest BCUT2D eigenvalue weighted by Gasteiger charge is 2.07. The second-order valence-electron chi connectivity index (χ2n) is 4.65. The Bertz CT molecular complexity index is 523. The van der Waals surface area contributed by atoms with Gasteiger partial charge in [-0.05, 0) is 42.3 Å². The van der Waals surface area contributed by atoms with Crippen LogP contribution in [0.2, 0.25) is 0 Å². The van der Waals surface area contributed by atoms with E-state index in [0.29, 0.717) is 6.54 Å². The summed E-state index contributed by atoms with van der Waals surface area (Å²) in [6.07, 6.45) is 0.865. The number of hydrogen-bond donors (Lipinski definition) is 1. The summed E-state index contributed by atoms with van der Waals surface area (Å²) in [7, 11) is 2.04. The molecule has 0 aromatic heterocycles. The quantitative estimate of drug-likeness (QED) is 0.893. The Morgan fingerprint density at radius 2 is 1.74 bits per heavy atom. The number of para-hydroxylation sites is 1. The van der Waals surface area contributed by atoms with E-state index in [4.69, 9.17) is 5.73 Å². The van der Waals surface area contributed by atoms with E-state index in [-0.39, 0.29) is 5.82 Å². The van der Waals surface area contributed by atoms with Gasteiger partial charge in [-0.25, -0.2) is 4.39 Å². The molecule has 0 aliphatic carbocycles. The van der Waals surface area contributed by atoms with Gasteiger partial charge in [-0.15, -0.1) is 0 Å². The van der Waals surface area contributed by atoms with Crippen molar-refractivity contribution >= 4 is 5.69 Å². The highest BCUT2D eigenvalue weighted by atomic mass is 19.1. The molecule has 0 amide bonds. The van der Waals surface area contributed by atoms with Crippen LogP contribution in [0, 0.1) is 5.82 Å². The smallest absolute Gasteiger partial charge is 0.123 e. The van der Waals surface area contributed by atoms with Crippen molar-refractivity contribution in [3.63, 3.8) is 0 Å². The summed E-state index contributed by atoms with van der Waals surface area (Å²) in [5, 5.41) is 0. The minimum absolute atomic E-state index is 0.199. The van der Waals surface area contributed by atoms with E-state index >= 15 is 0 Å². The first-order chi connectivity index (χ1) is 9.20. The SMILES string of the molecule is CN(Cc1ccc(F)cc1)c1ccccc1CCN. The van der Waals surface area contributed by atoms with Crippen molar-refractivity contribution in [2.75, 3.05) is 18.5 Å². The molecule has 2 N–H and O–H groups in total. The van der Waals surface area contributed by atoms with E-state index in [0.717, 1.165) is 18.5 Å². The van der Waals surface area contributed by atoms with E-state index in [1.165, 1.54) is 23.4 Å². The molecule has 0 saturated carbocycles. The van der Waals surface area contributed by atoms with Gasteiger partial charge in [0.05, 0.1) is 0 Å². The predicted octanol–water partition coefficient (Wildman–Crippen LogP) is 2.96. The molecular weight excluding hydrogens is 239 g/mol. The molecule has 0 bridgehead atoms. The molecule has 0 atom stereocenters. The van der Waals surface area contributed by atoms with E-state index in [1.807, 2.05) is 31.3 Å². The number of hydrogen-bond acceptors (Lipinski definition) is 2. The van der Waals surface area contributed by atoms with Gasteiger partial charge in [0.25, 0.3) is 0 Å². The van der Waals surface area contributed by atoms with Gasteiger partial charge in [0.2, 0.25) is 0 Å². The van der Waals surface area contributed by atoms with Crippen LogP contribution in [0.4, 0.5) is 10.1 Å². The predicted molar refractivity (Wildman–Crippen MR) is 77.7 cm³/mol. The normalized spacial score (nSPS) is 10.5. The molecule has 0 aliphatic heterocycles. The fourth-order valence-corrected chi connectivity index (χ4v) is 2.20.